The molecule has 3 nitrogen and oxygen atoms in total. The molecule has 0 bridgehead atoms. The van der Waals surface area contributed by atoms with Crippen molar-refractivity contribution in [2.45, 2.75) is 18.8 Å². The molecule has 0 saturated carbocycles. The molecule has 0 spiro atoms. The van der Waals surface area contributed by atoms with E-state index in [1.165, 1.54) is 17.8 Å². The van der Waals surface area contributed by atoms with Gasteiger partial charge in [-0.2, -0.15) is 0 Å². The second kappa shape index (κ2) is 3.87. The lowest BCUT2D eigenvalue weighted by atomic mass is 9.99. The van der Waals surface area contributed by atoms with Gasteiger partial charge in [0.2, 0.25) is 0 Å². The number of nitrogens with one attached hydrogen (secondary N) is 1. The minimum Gasteiger partial charge on any atom is -0.317 e. The third-order valence-corrected chi connectivity index (χ3v) is 4.01. The maximum Gasteiger partial charge on any atom is 0.143 e. The normalized spacial score (nSPS) is 18.4. The van der Waals surface area contributed by atoms with Gasteiger partial charge in [0.25, 0.3) is 0 Å². The van der Waals surface area contributed by atoms with Crippen molar-refractivity contribution in [2.75, 3.05) is 13.1 Å². The molecule has 3 rings (SSSR count). The standard InChI is InChI=1S/C11H13N3S/c1-2-9-11(13-5-1)15-10(14-9)8-3-6-12-7-4-8/h1-2,5,8,12H,3-4,6-7H2. The van der Waals surface area contributed by atoms with Crippen LogP contribution in [0.4, 0.5) is 0 Å². The van der Waals surface area contributed by atoms with Gasteiger partial charge in [-0.3, -0.25) is 0 Å². The zero-order valence-electron chi connectivity index (χ0n) is 8.44. The van der Waals surface area contributed by atoms with E-state index in [0.29, 0.717) is 5.92 Å². The number of rotatable bonds is 1. The van der Waals surface area contributed by atoms with Crippen LogP contribution >= 0.6 is 11.3 Å². The Labute approximate surface area is 92.6 Å². The number of hydrogen-bond acceptors (Lipinski definition) is 4. The van der Waals surface area contributed by atoms with E-state index < -0.39 is 0 Å². The molecule has 0 amide bonds. The molecule has 0 radical (unpaired) electrons. The summed E-state index contributed by atoms with van der Waals surface area (Å²) in [7, 11) is 0. The molecule has 78 valence electrons. The fraction of sp³-hybridized carbons (Fsp3) is 0.455. The number of nitrogens with zero attached hydrogens (tertiary/aromatic N) is 2. The van der Waals surface area contributed by atoms with Gasteiger partial charge in [-0.25, -0.2) is 9.97 Å². The van der Waals surface area contributed by atoms with Crippen molar-refractivity contribution in [3.63, 3.8) is 0 Å². The van der Waals surface area contributed by atoms with E-state index in [-0.39, 0.29) is 0 Å². The van der Waals surface area contributed by atoms with E-state index in [1.807, 2.05) is 18.3 Å². The highest BCUT2D eigenvalue weighted by Gasteiger charge is 2.18. The maximum absolute atomic E-state index is 4.66. The van der Waals surface area contributed by atoms with Crippen molar-refractivity contribution in [1.82, 2.24) is 15.3 Å². The van der Waals surface area contributed by atoms with Gasteiger partial charge < -0.3 is 5.32 Å². The molecule has 15 heavy (non-hydrogen) atoms. The van der Waals surface area contributed by atoms with Crippen molar-refractivity contribution in [1.29, 1.82) is 0 Å². The summed E-state index contributed by atoms with van der Waals surface area (Å²) < 4.78 is 0. The minimum absolute atomic E-state index is 0.644. The van der Waals surface area contributed by atoms with Crippen LogP contribution in [0.2, 0.25) is 0 Å². The van der Waals surface area contributed by atoms with Gasteiger partial charge in [0.05, 0.1) is 5.01 Å². The summed E-state index contributed by atoms with van der Waals surface area (Å²) in [5.41, 5.74) is 1.05. The Kier molecular flexibility index (Phi) is 2.38. The lowest BCUT2D eigenvalue weighted by Gasteiger charge is -2.20. The fourth-order valence-electron chi connectivity index (χ4n) is 2.03. The van der Waals surface area contributed by atoms with Crippen LogP contribution in [0.1, 0.15) is 23.8 Å². The van der Waals surface area contributed by atoms with E-state index in [4.69, 9.17) is 0 Å². The van der Waals surface area contributed by atoms with Crippen LogP contribution in [-0.4, -0.2) is 23.1 Å². The minimum atomic E-state index is 0.644. The molecule has 4 heteroatoms. The van der Waals surface area contributed by atoms with Gasteiger partial charge in [-0.15, -0.1) is 0 Å². The summed E-state index contributed by atoms with van der Waals surface area (Å²) in [6.45, 7) is 2.24. The SMILES string of the molecule is c1cnc2sc(C3CCNCC3)nc2c1. The molecule has 1 aliphatic heterocycles. The third-order valence-electron chi connectivity index (χ3n) is 2.87. The highest BCUT2D eigenvalue weighted by atomic mass is 32.1. The highest BCUT2D eigenvalue weighted by molar-refractivity contribution is 7.18. The molecule has 2 aromatic heterocycles. The van der Waals surface area contributed by atoms with Gasteiger partial charge in [-0.1, -0.05) is 11.3 Å². The van der Waals surface area contributed by atoms with Gasteiger partial charge in [-0.05, 0) is 38.1 Å². The van der Waals surface area contributed by atoms with Crippen LogP contribution in [0.3, 0.4) is 0 Å². The average Bonchev–Trinajstić information content (AvgIpc) is 2.74. The largest absolute Gasteiger partial charge is 0.317 e. The molecule has 2 aromatic rings. The number of piperidine rings is 1. The maximum atomic E-state index is 4.66. The predicted octanol–water partition coefficient (Wildman–Crippen LogP) is 2.16. The third kappa shape index (κ3) is 1.75. The Morgan fingerprint density at radius 2 is 2.20 bits per heavy atom. The van der Waals surface area contributed by atoms with Crippen LogP contribution in [-0.2, 0) is 0 Å². The smallest absolute Gasteiger partial charge is 0.143 e. The van der Waals surface area contributed by atoms with Crippen LogP contribution in [0.15, 0.2) is 18.3 Å². The predicted molar refractivity (Wildman–Crippen MR) is 62.3 cm³/mol. The topological polar surface area (TPSA) is 37.8 Å². The first-order valence-electron chi connectivity index (χ1n) is 5.35. The lowest BCUT2D eigenvalue weighted by Crippen LogP contribution is -2.26. The second-order valence-corrected chi connectivity index (χ2v) is 4.91. The van der Waals surface area contributed by atoms with Crippen LogP contribution in [0.5, 0.6) is 0 Å². The van der Waals surface area contributed by atoms with Crippen LogP contribution < -0.4 is 5.32 Å². The number of hydrogen-bond donors (Lipinski definition) is 1. The Morgan fingerprint density at radius 3 is 3.00 bits per heavy atom. The second-order valence-electron chi connectivity index (χ2n) is 3.90. The summed E-state index contributed by atoms with van der Waals surface area (Å²) in [5.74, 6) is 0.644. The zero-order chi connectivity index (χ0) is 10.1. The molecule has 0 aromatic carbocycles. The molecular weight excluding hydrogens is 206 g/mol. The molecule has 0 aliphatic carbocycles. The first-order chi connectivity index (χ1) is 7.43. The van der Waals surface area contributed by atoms with E-state index in [9.17, 15) is 0 Å². The molecule has 1 fully saturated rings. The van der Waals surface area contributed by atoms with Crippen LogP contribution in [0.25, 0.3) is 10.3 Å². The quantitative estimate of drug-likeness (QED) is 0.798. The van der Waals surface area contributed by atoms with Crippen molar-refractivity contribution < 1.29 is 0 Å². The van der Waals surface area contributed by atoms with Gasteiger partial charge in [0.15, 0.2) is 0 Å². The number of fused-ring (bicyclic) bond motifs is 1. The lowest BCUT2D eigenvalue weighted by molar-refractivity contribution is 0.459. The zero-order valence-corrected chi connectivity index (χ0v) is 9.26. The molecule has 3 heterocycles. The van der Waals surface area contributed by atoms with Crippen molar-refractivity contribution >= 4 is 21.7 Å². The van der Waals surface area contributed by atoms with E-state index in [1.54, 1.807) is 11.3 Å². The summed E-state index contributed by atoms with van der Waals surface area (Å²) in [4.78, 5) is 10.1. The van der Waals surface area contributed by atoms with Gasteiger partial charge in [0.1, 0.15) is 10.3 Å². The molecule has 0 unspecified atom stereocenters. The number of thiazole rings is 1. The van der Waals surface area contributed by atoms with Crippen molar-refractivity contribution in [3.8, 4) is 0 Å². The van der Waals surface area contributed by atoms with Crippen molar-refractivity contribution in [3.05, 3.63) is 23.3 Å². The van der Waals surface area contributed by atoms with Gasteiger partial charge >= 0.3 is 0 Å². The Balaban J connectivity index is 1.96. The van der Waals surface area contributed by atoms with E-state index in [2.05, 4.69) is 15.3 Å². The summed E-state index contributed by atoms with van der Waals surface area (Å²) >= 11 is 1.75. The summed E-state index contributed by atoms with van der Waals surface area (Å²) in [6.07, 6.45) is 4.26. The molecular formula is C11H13N3S. The Morgan fingerprint density at radius 1 is 1.33 bits per heavy atom. The Bertz CT molecular complexity index is 427. The van der Waals surface area contributed by atoms with E-state index in [0.717, 1.165) is 23.4 Å². The number of aromatic nitrogens is 2. The summed E-state index contributed by atoms with van der Waals surface area (Å²) in [5, 5.41) is 4.65. The monoisotopic (exact) mass is 219 g/mol. The summed E-state index contributed by atoms with van der Waals surface area (Å²) in [6, 6.07) is 4.00. The van der Waals surface area contributed by atoms with Crippen LogP contribution in [0, 0.1) is 0 Å². The number of pyridine rings is 1. The molecule has 1 aliphatic rings. The Hall–Kier alpha value is -1.00. The van der Waals surface area contributed by atoms with E-state index >= 15 is 0 Å². The highest BCUT2D eigenvalue weighted by Crippen LogP contribution is 2.31. The molecule has 0 atom stereocenters. The average molecular weight is 219 g/mol. The fourth-order valence-corrected chi connectivity index (χ4v) is 3.11. The molecule has 1 saturated heterocycles. The first kappa shape index (κ1) is 9.24. The molecule has 1 N–H and O–H groups in total. The van der Waals surface area contributed by atoms with Gasteiger partial charge in [0, 0.05) is 12.1 Å². The van der Waals surface area contributed by atoms with Crippen molar-refractivity contribution in [2.24, 2.45) is 0 Å². The first-order valence-corrected chi connectivity index (χ1v) is 6.17.